The highest BCUT2D eigenvalue weighted by molar-refractivity contribution is 5.48. The van der Waals surface area contributed by atoms with Crippen LogP contribution in [0.4, 0.5) is 5.82 Å². The van der Waals surface area contributed by atoms with E-state index in [0.29, 0.717) is 0 Å². The van der Waals surface area contributed by atoms with E-state index in [1.54, 1.807) is 0 Å². The number of anilines is 1. The van der Waals surface area contributed by atoms with E-state index in [1.807, 2.05) is 32.2 Å². The van der Waals surface area contributed by atoms with Crippen molar-refractivity contribution in [1.82, 2.24) is 4.98 Å². The van der Waals surface area contributed by atoms with Gasteiger partial charge in [0, 0.05) is 37.5 Å². The molecular formula is C13H23N3O. The first-order valence-electron chi connectivity index (χ1n) is 6.23. The first kappa shape index (κ1) is 13.9. The molecule has 0 spiro atoms. The van der Waals surface area contributed by atoms with Crippen LogP contribution in [0, 0.1) is 0 Å². The number of hydrogen-bond acceptors (Lipinski definition) is 4. The van der Waals surface area contributed by atoms with Crippen molar-refractivity contribution in [1.29, 1.82) is 0 Å². The highest BCUT2D eigenvalue weighted by Gasteiger charge is 2.13. The average Bonchev–Trinajstić information content (AvgIpc) is 2.35. The number of nitrogens with zero attached hydrogens (tertiary/aromatic N) is 2. The number of pyridine rings is 1. The predicted octanol–water partition coefficient (Wildman–Crippen LogP) is 1.96. The van der Waals surface area contributed by atoms with Crippen LogP contribution >= 0.6 is 0 Å². The predicted molar refractivity (Wildman–Crippen MR) is 71.2 cm³/mol. The van der Waals surface area contributed by atoms with Gasteiger partial charge in [0.1, 0.15) is 5.82 Å². The Labute approximate surface area is 104 Å². The lowest BCUT2D eigenvalue weighted by molar-refractivity contribution is 0.154. The van der Waals surface area contributed by atoms with Crippen molar-refractivity contribution >= 4 is 5.82 Å². The molecule has 0 aliphatic rings. The SMILES string of the molecule is CCOCCN(CC)c1ncccc1[C@H](C)N. The van der Waals surface area contributed by atoms with Crippen LogP contribution < -0.4 is 10.6 Å². The third-order valence-corrected chi connectivity index (χ3v) is 2.70. The van der Waals surface area contributed by atoms with Crippen molar-refractivity contribution in [3.63, 3.8) is 0 Å². The maximum atomic E-state index is 5.96. The molecule has 96 valence electrons. The Balaban J connectivity index is 2.79. The summed E-state index contributed by atoms with van der Waals surface area (Å²) in [6.45, 7) is 9.33. The minimum atomic E-state index is -0.000145. The van der Waals surface area contributed by atoms with E-state index >= 15 is 0 Å². The van der Waals surface area contributed by atoms with Gasteiger partial charge in [0.2, 0.25) is 0 Å². The average molecular weight is 237 g/mol. The zero-order chi connectivity index (χ0) is 12.7. The van der Waals surface area contributed by atoms with Crippen LogP contribution in [0.5, 0.6) is 0 Å². The van der Waals surface area contributed by atoms with E-state index in [4.69, 9.17) is 10.5 Å². The van der Waals surface area contributed by atoms with Gasteiger partial charge < -0.3 is 15.4 Å². The van der Waals surface area contributed by atoms with Crippen molar-refractivity contribution < 1.29 is 4.74 Å². The van der Waals surface area contributed by atoms with E-state index in [9.17, 15) is 0 Å². The van der Waals surface area contributed by atoms with Gasteiger partial charge in [-0.2, -0.15) is 0 Å². The van der Waals surface area contributed by atoms with Gasteiger partial charge in [0.25, 0.3) is 0 Å². The normalized spacial score (nSPS) is 12.5. The molecule has 0 saturated heterocycles. The molecule has 0 amide bonds. The first-order valence-corrected chi connectivity index (χ1v) is 6.23. The maximum absolute atomic E-state index is 5.96. The van der Waals surface area contributed by atoms with Gasteiger partial charge in [-0.05, 0) is 26.8 Å². The Morgan fingerprint density at radius 3 is 2.82 bits per heavy atom. The summed E-state index contributed by atoms with van der Waals surface area (Å²) in [6, 6.07) is 3.97. The number of rotatable bonds is 7. The zero-order valence-corrected chi connectivity index (χ0v) is 11.0. The number of hydrogen-bond donors (Lipinski definition) is 1. The van der Waals surface area contributed by atoms with E-state index in [-0.39, 0.29) is 6.04 Å². The molecule has 1 heterocycles. The monoisotopic (exact) mass is 237 g/mol. The number of aromatic nitrogens is 1. The van der Waals surface area contributed by atoms with E-state index in [0.717, 1.165) is 37.7 Å². The molecule has 1 rings (SSSR count). The third kappa shape index (κ3) is 3.98. The Kier molecular flexibility index (Phi) is 5.94. The molecule has 0 unspecified atom stereocenters. The van der Waals surface area contributed by atoms with Gasteiger partial charge in [-0.25, -0.2) is 4.98 Å². The van der Waals surface area contributed by atoms with E-state index in [1.165, 1.54) is 0 Å². The van der Waals surface area contributed by atoms with Gasteiger partial charge in [-0.1, -0.05) is 6.07 Å². The summed E-state index contributed by atoms with van der Waals surface area (Å²) in [5.74, 6) is 0.977. The van der Waals surface area contributed by atoms with Crippen molar-refractivity contribution in [2.75, 3.05) is 31.2 Å². The van der Waals surface area contributed by atoms with Gasteiger partial charge in [-0.15, -0.1) is 0 Å². The molecule has 0 radical (unpaired) electrons. The lowest BCUT2D eigenvalue weighted by atomic mass is 10.1. The van der Waals surface area contributed by atoms with Gasteiger partial charge in [-0.3, -0.25) is 0 Å². The molecule has 0 aliphatic heterocycles. The number of likely N-dealkylation sites (N-methyl/N-ethyl adjacent to an activating group) is 1. The topological polar surface area (TPSA) is 51.4 Å². The zero-order valence-electron chi connectivity index (χ0n) is 11.0. The number of nitrogens with two attached hydrogens (primary N) is 1. The maximum Gasteiger partial charge on any atom is 0.133 e. The smallest absolute Gasteiger partial charge is 0.133 e. The van der Waals surface area contributed by atoms with E-state index in [2.05, 4.69) is 16.8 Å². The number of ether oxygens (including phenoxy) is 1. The van der Waals surface area contributed by atoms with Crippen LogP contribution in [0.3, 0.4) is 0 Å². The highest BCUT2D eigenvalue weighted by Crippen LogP contribution is 2.21. The minimum absolute atomic E-state index is 0.000145. The van der Waals surface area contributed by atoms with Crippen LogP contribution in [0.15, 0.2) is 18.3 Å². The van der Waals surface area contributed by atoms with Gasteiger partial charge in [0.05, 0.1) is 6.61 Å². The minimum Gasteiger partial charge on any atom is -0.380 e. The highest BCUT2D eigenvalue weighted by atomic mass is 16.5. The fourth-order valence-corrected chi connectivity index (χ4v) is 1.76. The third-order valence-electron chi connectivity index (χ3n) is 2.70. The summed E-state index contributed by atoms with van der Waals surface area (Å²) in [5, 5.41) is 0. The van der Waals surface area contributed by atoms with Gasteiger partial charge in [0.15, 0.2) is 0 Å². The Morgan fingerprint density at radius 2 is 2.24 bits per heavy atom. The molecule has 0 bridgehead atoms. The second-order valence-electron chi connectivity index (χ2n) is 3.98. The summed E-state index contributed by atoms with van der Waals surface area (Å²) >= 11 is 0. The van der Waals surface area contributed by atoms with Crippen LogP contribution in [0.25, 0.3) is 0 Å². The van der Waals surface area contributed by atoms with Crippen LogP contribution in [0.2, 0.25) is 0 Å². The van der Waals surface area contributed by atoms with Crippen LogP contribution in [-0.2, 0) is 4.74 Å². The largest absolute Gasteiger partial charge is 0.380 e. The molecule has 4 heteroatoms. The molecule has 17 heavy (non-hydrogen) atoms. The van der Waals surface area contributed by atoms with Crippen molar-refractivity contribution in [3.05, 3.63) is 23.9 Å². The Morgan fingerprint density at radius 1 is 1.47 bits per heavy atom. The first-order chi connectivity index (χ1) is 8.20. The molecule has 0 saturated carbocycles. The van der Waals surface area contributed by atoms with Crippen LogP contribution in [-0.4, -0.2) is 31.3 Å². The molecule has 1 aromatic heterocycles. The standard InChI is InChI=1S/C13H23N3O/c1-4-16(9-10-17-5-2)13-12(11(3)14)7-6-8-15-13/h6-8,11H,4-5,9-10,14H2,1-3H3/t11-/m0/s1. The van der Waals surface area contributed by atoms with E-state index < -0.39 is 0 Å². The fourth-order valence-electron chi connectivity index (χ4n) is 1.76. The van der Waals surface area contributed by atoms with Crippen LogP contribution in [0.1, 0.15) is 32.4 Å². The quantitative estimate of drug-likeness (QED) is 0.737. The Hall–Kier alpha value is -1.13. The summed E-state index contributed by atoms with van der Waals surface area (Å²) in [7, 11) is 0. The summed E-state index contributed by atoms with van der Waals surface area (Å²) in [6.07, 6.45) is 1.81. The van der Waals surface area contributed by atoms with Gasteiger partial charge >= 0.3 is 0 Å². The molecule has 2 N–H and O–H groups in total. The molecule has 0 aromatic carbocycles. The molecular weight excluding hydrogens is 214 g/mol. The molecule has 1 atom stereocenters. The summed E-state index contributed by atoms with van der Waals surface area (Å²) < 4.78 is 5.39. The molecule has 4 nitrogen and oxygen atoms in total. The lowest BCUT2D eigenvalue weighted by Gasteiger charge is -2.25. The fraction of sp³-hybridized carbons (Fsp3) is 0.615. The summed E-state index contributed by atoms with van der Waals surface area (Å²) in [5.41, 5.74) is 7.05. The second kappa shape index (κ2) is 7.25. The van der Waals surface area contributed by atoms with Crippen molar-refractivity contribution in [2.45, 2.75) is 26.8 Å². The van der Waals surface area contributed by atoms with Crippen molar-refractivity contribution in [2.24, 2.45) is 5.73 Å². The second-order valence-corrected chi connectivity index (χ2v) is 3.98. The summed E-state index contributed by atoms with van der Waals surface area (Å²) in [4.78, 5) is 6.64. The van der Waals surface area contributed by atoms with Crippen molar-refractivity contribution in [3.8, 4) is 0 Å². The molecule has 1 aromatic rings. The Bertz CT molecular complexity index is 328. The molecule has 0 fully saturated rings. The molecule has 0 aliphatic carbocycles. The lowest BCUT2D eigenvalue weighted by Crippen LogP contribution is -2.29.